The van der Waals surface area contributed by atoms with Gasteiger partial charge in [-0.25, -0.2) is 4.68 Å². The lowest BCUT2D eigenvalue weighted by Gasteiger charge is -2.24. The lowest BCUT2D eigenvalue weighted by Crippen LogP contribution is -2.41. The minimum Gasteiger partial charge on any atom is -0.454 e. The van der Waals surface area contributed by atoms with Gasteiger partial charge in [-0.2, -0.15) is 5.10 Å². The summed E-state index contributed by atoms with van der Waals surface area (Å²) < 4.78 is 12.5. The van der Waals surface area contributed by atoms with E-state index in [1.54, 1.807) is 9.58 Å². The van der Waals surface area contributed by atoms with Crippen LogP contribution in [0.1, 0.15) is 37.4 Å². The van der Waals surface area contributed by atoms with Crippen LogP contribution in [0, 0.1) is 6.92 Å². The Kier molecular flexibility index (Phi) is 4.93. The first-order chi connectivity index (χ1) is 13.5. The Labute approximate surface area is 163 Å². The van der Waals surface area contributed by atoms with Crippen LogP contribution in [0.15, 0.2) is 24.3 Å². The standard InChI is InChI=1S/C20H24N4O4/c1-3-8-24-18(9-13(2)22-24)21-20(26)15-5-7-19(25)23(15)11-14-4-6-16-17(10-14)28-12-27-16/h4,6,9-10,15H,3,5,7-8,11-12H2,1-2H3,(H,21,26). The summed E-state index contributed by atoms with van der Waals surface area (Å²) >= 11 is 0. The van der Waals surface area contributed by atoms with Gasteiger partial charge < -0.3 is 19.7 Å². The highest BCUT2D eigenvalue weighted by Gasteiger charge is 2.36. The first kappa shape index (κ1) is 18.3. The van der Waals surface area contributed by atoms with Gasteiger partial charge in [-0.3, -0.25) is 9.59 Å². The lowest BCUT2D eigenvalue weighted by atomic mass is 10.1. The van der Waals surface area contributed by atoms with Gasteiger partial charge in [0.25, 0.3) is 0 Å². The van der Waals surface area contributed by atoms with E-state index in [0.717, 1.165) is 24.2 Å². The number of likely N-dealkylation sites (tertiary alicyclic amines) is 1. The van der Waals surface area contributed by atoms with Gasteiger partial charge in [0.15, 0.2) is 11.5 Å². The monoisotopic (exact) mass is 384 g/mol. The Morgan fingerprint density at radius 1 is 1.29 bits per heavy atom. The normalized spacial score (nSPS) is 18.0. The smallest absolute Gasteiger partial charge is 0.248 e. The molecule has 1 atom stereocenters. The maximum atomic E-state index is 12.9. The average molecular weight is 384 g/mol. The van der Waals surface area contributed by atoms with E-state index in [2.05, 4.69) is 17.3 Å². The second-order valence-electron chi connectivity index (χ2n) is 7.15. The van der Waals surface area contributed by atoms with Crippen LogP contribution in [0.4, 0.5) is 5.82 Å². The SMILES string of the molecule is CCCn1nc(C)cc1NC(=O)C1CCC(=O)N1Cc1ccc2c(c1)OCO2. The van der Waals surface area contributed by atoms with Gasteiger partial charge in [0.05, 0.1) is 5.69 Å². The third-order valence-corrected chi connectivity index (χ3v) is 5.01. The van der Waals surface area contributed by atoms with Crippen molar-refractivity contribution in [2.24, 2.45) is 0 Å². The van der Waals surface area contributed by atoms with Gasteiger partial charge >= 0.3 is 0 Å². The second kappa shape index (κ2) is 7.53. The molecule has 1 aromatic heterocycles. The number of carbonyl (C=O) groups is 2. The molecule has 0 radical (unpaired) electrons. The molecular formula is C20H24N4O4. The zero-order chi connectivity index (χ0) is 19.7. The average Bonchev–Trinajstić information content (AvgIpc) is 3.35. The van der Waals surface area contributed by atoms with Crippen molar-refractivity contribution in [2.45, 2.75) is 52.2 Å². The molecule has 28 heavy (non-hydrogen) atoms. The summed E-state index contributed by atoms with van der Waals surface area (Å²) in [5.41, 5.74) is 1.76. The molecule has 8 heteroatoms. The maximum Gasteiger partial charge on any atom is 0.248 e. The van der Waals surface area contributed by atoms with E-state index in [4.69, 9.17) is 9.47 Å². The Morgan fingerprint density at radius 2 is 2.11 bits per heavy atom. The van der Waals surface area contributed by atoms with E-state index in [9.17, 15) is 9.59 Å². The van der Waals surface area contributed by atoms with Crippen LogP contribution >= 0.6 is 0 Å². The van der Waals surface area contributed by atoms with Crippen molar-refractivity contribution < 1.29 is 19.1 Å². The van der Waals surface area contributed by atoms with Crippen molar-refractivity contribution in [3.8, 4) is 11.5 Å². The Morgan fingerprint density at radius 3 is 2.93 bits per heavy atom. The van der Waals surface area contributed by atoms with E-state index in [0.29, 0.717) is 36.7 Å². The molecule has 0 aliphatic carbocycles. The molecular weight excluding hydrogens is 360 g/mol. The minimum atomic E-state index is -0.497. The third-order valence-electron chi connectivity index (χ3n) is 5.01. The van der Waals surface area contributed by atoms with Crippen LogP contribution in [0.5, 0.6) is 11.5 Å². The molecule has 1 unspecified atom stereocenters. The van der Waals surface area contributed by atoms with Gasteiger partial charge in [0.1, 0.15) is 11.9 Å². The number of fused-ring (bicyclic) bond motifs is 1. The van der Waals surface area contributed by atoms with Crippen molar-refractivity contribution in [3.05, 3.63) is 35.5 Å². The van der Waals surface area contributed by atoms with Crippen LogP contribution in [-0.4, -0.2) is 39.3 Å². The van der Waals surface area contributed by atoms with E-state index < -0.39 is 6.04 Å². The van der Waals surface area contributed by atoms with Crippen LogP contribution in [0.3, 0.4) is 0 Å². The van der Waals surface area contributed by atoms with Gasteiger partial charge in [0.2, 0.25) is 18.6 Å². The van der Waals surface area contributed by atoms with Gasteiger partial charge in [-0.1, -0.05) is 13.0 Å². The Hall–Kier alpha value is -3.03. The number of anilines is 1. The number of hydrogen-bond acceptors (Lipinski definition) is 5. The molecule has 2 aliphatic heterocycles. The number of nitrogens with one attached hydrogen (secondary N) is 1. The quantitative estimate of drug-likeness (QED) is 0.827. The summed E-state index contributed by atoms with van der Waals surface area (Å²) in [5, 5.41) is 7.37. The van der Waals surface area contributed by atoms with E-state index >= 15 is 0 Å². The second-order valence-corrected chi connectivity index (χ2v) is 7.15. The zero-order valence-corrected chi connectivity index (χ0v) is 16.1. The first-order valence-electron chi connectivity index (χ1n) is 9.58. The largest absolute Gasteiger partial charge is 0.454 e. The molecule has 1 saturated heterocycles. The number of hydrogen-bond donors (Lipinski definition) is 1. The predicted octanol–water partition coefficient (Wildman–Crippen LogP) is 2.46. The van der Waals surface area contributed by atoms with Crippen molar-refractivity contribution >= 4 is 17.6 Å². The molecule has 1 aromatic carbocycles. The number of benzene rings is 1. The summed E-state index contributed by atoms with van der Waals surface area (Å²) in [6, 6.07) is 6.95. The highest BCUT2D eigenvalue weighted by atomic mass is 16.7. The number of ether oxygens (including phenoxy) is 2. The summed E-state index contributed by atoms with van der Waals surface area (Å²) in [6.45, 7) is 5.25. The topological polar surface area (TPSA) is 85.7 Å². The minimum absolute atomic E-state index is 0.0175. The van der Waals surface area contributed by atoms with Gasteiger partial charge in [-0.15, -0.1) is 0 Å². The molecule has 148 valence electrons. The van der Waals surface area contributed by atoms with E-state index in [1.807, 2.05) is 31.2 Å². The molecule has 0 spiro atoms. The van der Waals surface area contributed by atoms with Crippen molar-refractivity contribution in [1.82, 2.24) is 14.7 Å². The van der Waals surface area contributed by atoms with Crippen LogP contribution in [0.2, 0.25) is 0 Å². The lowest BCUT2D eigenvalue weighted by molar-refractivity contribution is -0.133. The van der Waals surface area contributed by atoms with Crippen LogP contribution < -0.4 is 14.8 Å². The molecule has 8 nitrogen and oxygen atoms in total. The van der Waals surface area contributed by atoms with Crippen molar-refractivity contribution in [3.63, 3.8) is 0 Å². The molecule has 2 amide bonds. The number of aromatic nitrogens is 2. The molecule has 0 bridgehead atoms. The highest BCUT2D eigenvalue weighted by molar-refractivity contribution is 5.98. The third kappa shape index (κ3) is 3.54. The Bertz CT molecular complexity index is 908. The molecule has 0 saturated carbocycles. The van der Waals surface area contributed by atoms with Gasteiger partial charge in [0, 0.05) is 25.6 Å². The number of aryl methyl sites for hydroxylation is 2. The van der Waals surface area contributed by atoms with Crippen molar-refractivity contribution in [1.29, 1.82) is 0 Å². The molecule has 1 fully saturated rings. The summed E-state index contributed by atoms with van der Waals surface area (Å²) in [7, 11) is 0. The molecule has 3 heterocycles. The zero-order valence-electron chi connectivity index (χ0n) is 16.1. The summed E-state index contributed by atoms with van der Waals surface area (Å²) in [4.78, 5) is 27.0. The molecule has 1 N–H and O–H groups in total. The summed E-state index contributed by atoms with van der Waals surface area (Å²) in [6.07, 6.45) is 1.80. The number of rotatable bonds is 6. The van der Waals surface area contributed by atoms with Crippen LogP contribution in [0.25, 0.3) is 0 Å². The van der Waals surface area contributed by atoms with E-state index in [-0.39, 0.29) is 18.6 Å². The van der Waals surface area contributed by atoms with Crippen molar-refractivity contribution in [2.75, 3.05) is 12.1 Å². The number of amides is 2. The number of carbonyl (C=O) groups excluding carboxylic acids is 2. The first-order valence-corrected chi connectivity index (χ1v) is 9.58. The summed E-state index contributed by atoms with van der Waals surface area (Å²) in [5.74, 6) is 1.85. The maximum absolute atomic E-state index is 12.9. The fraction of sp³-hybridized carbons (Fsp3) is 0.450. The molecule has 4 rings (SSSR count). The Balaban J connectivity index is 1.49. The fourth-order valence-electron chi connectivity index (χ4n) is 3.68. The highest BCUT2D eigenvalue weighted by Crippen LogP contribution is 2.33. The molecule has 2 aliphatic rings. The van der Waals surface area contributed by atoms with E-state index in [1.165, 1.54) is 0 Å². The van der Waals surface area contributed by atoms with Crippen LogP contribution in [-0.2, 0) is 22.7 Å². The predicted molar refractivity (Wildman–Crippen MR) is 102 cm³/mol. The van der Waals surface area contributed by atoms with Gasteiger partial charge in [-0.05, 0) is 37.5 Å². The fourth-order valence-corrected chi connectivity index (χ4v) is 3.68. The number of nitrogens with zero attached hydrogens (tertiary/aromatic N) is 3. The molecule has 2 aromatic rings.